The second-order valence-electron chi connectivity index (χ2n) is 7.18. The van der Waals surface area contributed by atoms with Crippen molar-refractivity contribution in [1.29, 1.82) is 0 Å². The first-order chi connectivity index (χ1) is 10.1. The minimum atomic E-state index is -0.833. The van der Waals surface area contributed by atoms with Crippen molar-refractivity contribution in [2.24, 2.45) is 0 Å². The molecule has 1 aromatic rings. The highest BCUT2D eigenvalue weighted by Gasteiger charge is 2.26. The van der Waals surface area contributed by atoms with E-state index in [-0.39, 0.29) is 23.9 Å². The average molecular weight is 306 g/mol. The van der Waals surface area contributed by atoms with Gasteiger partial charge in [-0.3, -0.25) is 4.79 Å². The van der Waals surface area contributed by atoms with E-state index in [1.54, 1.807) is 0 Å². The topological polar surface area (TPSA) is 46.5 Å². The van der Waals surface area contributed by atoms with E-state index in [2.05, 4.69) is 53.7 Å². The molecular formula is C19H30O3. The molecule has 1 aromatic carbocycles. The molecule has 0 heterocycles. The minimum Gasteiger partial charge on any atom is -0.493 e. The summed E-state index contributed by atoms with van der Waals surface area (Å²) in [7, 11) is 0. The summed E-state index contributed by atoms with van der Waals surface area (Å²) >= 11 is 0. The standard InChI is InChI=1S/C19H30O3/c1-7-18(3,4)14-9-10-16(22-12-11-17(20)21)15(13-14)19(5,6)8-2/h9-10,13H,7-8,11-12H2,1-6H3,(H,20,21). The summed E-state index contributed by atoms with van der Waals surface area (Å²) in [5.74, 6) is -0.0243. The summed E-state index contributed by atoms with van der Waals surface area (Å²) in [4.78, 5) is 10.7. The molecule has 0 aliphatic rings. The molecule has 0 aliphatic heterocycles. The third-order valence-corrected chi connectivity index (χ3v) is 4.83. The molecule has 0 aromatic heterocycles. The molecule has 3 heteroatoms. The SMILES string of the molecule is CCC(C)(C)c1ccc(OCCC(=O)O)c(C(C)(C)CC)c1. The van der Waals surface area contributed by atoms with Crippen molar-refractivity contribution in [3.63, 3.8) is 0 Å². The van der Waals surface area contributed by atoms with E-state index in [1.807, 2.05) is 6.07 Å². The van der Waals surface area contributed by atoms with Crippen LogP contribution in [-0.2, 0) is 15.6 Å². The van der Waals surface area contributed by atoms with Crippen molar-refractivity contribution >= 4 is 5.97 Å². The van der Waals surface area contributed by atoms with Crippen molar-refractivity contribution in [2.75, 3.05) is 6.61 Å². The lowest BCUT2D eigenvalue weighted by Crippen LogP contribution is -2.21. The molecule has 1 rings (SSSR count). The summed E-state index contributed by atoms with van der Waals surface area (Å²) in [6, 6.07) is 6.35. The highest BCUT2D eigenvalue weighted by Crippen LogP contribution is 2.38. The summed E-state index contributed by atoms with van der Waals surface area (Å²) < 4.78 is 5.76. The molecule has 0 saturated carbocycles. The highest BCUT2D eigenvalue weighted by atomic mass is 16.5. The van der Waals surface area contributed by atoms with Crippen molar-refractivity contribution in [3.05, 3.63) is 29.3 Å². The number of carbonyl (C=O) groups is 1. The zero-order chi connectivity index (χ0) is 17.0. The lowest BCUT2D eigenvalue weighted by Gasteiger charge is -2.30. The van der Waals surface area contributed by atoms with Gasteiger partial charge in [0.15, 0.2) is 0 Å². The Labute approximate surface area is 134 Å². The molecule has 0 unspecified atom stereocenters. The van der Waals surface area contributed by atoms with Gasteiger partial charge < -0.3 is 9.84 Å². The summed E-state index contributed by atoms with van der Waals surface area (Å²) in [5.41, 5.74) is 2.59. The maximum absolute atomic E-state index is 10.7. The first-order valence-corrected chi connectivity index (χ1v) is 8.13. The van der Waals surface area contributed by atoms with E-state index < -0.39 is 5.97 Å². The number of aliphatic carboxylic acids is 1. The predicted molar refractivity (Wildman–Crippen MR) is 90.8 cm³/mol. The van der Waals surface area contributed by atoms with Crippen LogP contribution >= 0.6 is 0 Å². The molecule has 3 nitrogen and oxygen atoms in total. The zero-order valence-corrected chi connectivity index (χ0v) is 14.8. The Bertz CT molecular complexity index is 515. The number of ether oxygens (including phenoxy) is 1. The van der Waals surface area contributed by atoms with E-state index >= 15 is 0 Å². The Balaban J connectivity index is 3.19. The first-order valence-electron chi connectivity index (χ1n) is 8.13. The third-order valence-electron chi connectivity index (χ3n) is 4.83. The average Bonchev–Trinajstić information content (AvgIpc) is 2.46. The Hall–Kier alpha value is -1.51. The van der Waals surface area contributed by atoms with Crippen LogP contribution in [0, 0.1) is 0 Å². The van der Waals surface area contributed by atoms with E-state index in [9.17, 15) is 4.79 Å². The van der Waals surface area contributed by atoms with E-state index in [0.29, 0.717) is 0 Å². The molecule has 0 fully saturated rings. The molecule has 0 amide bonds. The highest BCUT2D eigenvalue weighted by molar-refractivity contribution is 5.66. The molecule has 0 spiro atoms. The third kappa shape index (κ3) is 4.49. The van der Waals surface area contributed by atoms with Crippen LogP contribution in [0.1, 0.15) is 71.9 Å². The normalized spacial score (nSPS) is 12.3. The fourth-order valence-electron chi connectivity index (χ4n) is 2.25. The van der Waals surface area contributed by atoms with Crippen LogP contribution in [-0.4, -0.2) is 17.7 Å². The van der Waals surface area contributed by atoms with Crippen LogP contribution in [0.25, 0.3) is 0 Å². The van der Waals surface area contributed by atoms with Crippen LogP contribution in [0.4, 0.5) is 0 Å². The molecule has 0 aliphatic carbocycles. The summed E-state index contributed by atoms with van der Waals surface area (Å²) in [6.45, 7) is 13.5. The molecular weight excluding hydrogens is 276 g/mol. The second-order valence-corrected chi connectivity index (χ2v) is 7.18. The van der Waals surface area contributed by atoms with Crippen molar-refractivity contribution in [1.82, 2.24) is 0 Å². The maximum atomic E-state index is 10.7. The Kier molecular flexibility index (Phi) is 6.04. The number of hydrogen-bond acceptors (Lipinski definition) is 2. The second kappa shape index (κ2) is 7.17. The van der Waals surface area contributed by atoms with Crippen LogP contribution in [0.15, 0.2) is 18.2 Å². The predicted octanol–water partition coefficient (Wildman–Crippen LogP) is 4.92. The Morgan fingerprint density at radius 2 is 1.68 bits per heavy atom. The van der Waals surface area contributed by atoms with Gasteiger partial charge in [0.2, 0.25) is 0 Å². The fourth-order valence-corrected chi connectivity index (χ4v) is 2.25. The quantitative estimate of drug-likeness (QED) is 0.742. The van der Waals surface area contributed by atoms with Gasteiger partial charge in [-0.1, -0.05) is 53.7 Å². The molecule has 22 heavy (non-hydrogen) atoms. The largest absolute Gasteiger partial charge is 0.493 e. The molecule has 0 saturated heterocycles. The van der Waals surface area contributed by atoms with Gasteiger partial charge in [0.25, 0.3) is 0 Å². The summed E-state index contributed by atoms with van der Waals surface area (Å²) in [6.07, 6.45) is 2.09. The van der Waals surface area contributed by atoms with Crippen molar-refractivity contribution < 1.29 is 14.6 Å². The number of benzene rings is 1. The fraction of sp³-hybridized carbons (Fsp3) is 0.632. The minimum absolute atomic E-state index is 0.00160. The molecule has 1 N–H and O–H groups in total. The van der Waals surface area contributed by atoms with Crippen LogP contribution in [0.2, 0.25) is 0 Å². The van der Waals surface area contributed by atoms with Gasteiger partial charge in [-0.2, -0.15) is 0 Å². The van der Waals surface area contributed by atoms with E-state index in [4.69, 9.17) is 9.84 Å². The van der Waals surface area contributed by atoms with Gasteiger partial charge in [0.1, 0.15) is 5.75 Å². The summed E-state index contributed by atoms with van der Waals surface area (Å²) in [5, 5.41) is 8.77. The zero-order valence-electron chi connectivity index (χ0n) is 14.8. The monoisotopic (exact) mass is 306 g/mol. The van der Waals surface area contributed by atoms with Crippen molar-refractivity contribution in [3.8, 4) is 5.75 Å². The van der Waals surface area contributed by atoms with Gasteiger partial charge in [0.05, 0.1) is 13.0 Å². The molecule has 0 radical (unpaired) electrons. The first kappa shape index (κ1) is 18.5. The molecule has 0 bridgehead atoms. The number of hydrogen-bond donors (Lipinski definition) is 1. The Morgan fingerprint density at radius 1 is 1.09 bits per heavy atom. The number of carboxylic acid groups (broad SMARTS) is 1. The lowest BCUT2D eigenvalue weighted by atomic mass is 9.76. The van der Waals surface area contributed by atoms with Gasteiger partial charge in [-0.15, -0.1) is 0 Å². The molecule has 0 atom stereocenters. The van der Waals surface area contributed by atoms with Crippen LogP contribution in [0.3, 0.4) is 0 Å². The van der Waals surface area contributed by atoms with Gasteiger partial charge in [0, 0.05) is 5.56 Å². The maximum Gasteiger partial charge on any atom is 0.306 e. The molecule has 124 valence electrons. The Morgan fingerprint density at radius 3 is 2.18 bits per heavy atom. The van der Waals surface area contributed by atoms with Gasteiger partial charge in [-0.05, 0) is 35.3 Å². The van der Waals surface area contributed by atoms with Crippen molar-refractivity contribution in [2.45, 2.75) is 71.6 Å². The van der Waals surface area contributed by atoms with Gasteiger partial charge >= 0.3 is 5.97 Å². The van der Waals surface area contributed by atoms with E-state index in [1.165, 1.54) is 11.1 Å². The lowest BCUT2D eigenvalue weighted by molar-refractivity contribution is -0.137. The van der Waals surface area contributed by atoms with Crippen LogP contribution in [0.5, 0.6) is 5.75 Å². The van der Waals surface area contributed by atoms with Gasteiger partial charge in [-0.25, -0.2) is 0 Å². The van der Waals surface area contributed by atoms with E-state index in [0.717, 1.165) is 18.6 Å². The number of rotatable bonds is 8. The van der Waals surface area contributed by atoms with Crippen LogP contribution < -0.4 is 4.74 Å². The smallest absolute Gasteiger partial charge is 0.306 e. The number of carboxylic acids is 1.